The van der Waals surface area contributed by atoms with E-state index in [0.717, 1.165) is 33.5 Å². The summed E-state index contributed by atoms with van der Waals surface area (Å²) >= 11 is 0. The van der Waals surface area contributed by atoms with Gasteiger partial charge in [-0.3, -0.25) is 4.98 Å². The molecule has 0 fully saturated rings. The van der Waals surface area contributed by atoms with Crippen molar-refractivity contribution in [2.45, 2.75) is 26.2 Å². The van der Waals surface area contributed by atoms with E-state index in [9.17, 15) is 0 Å². The minimum atomic E-state index is -0.0667. The number of methoxy groups -OCH3 is 2. The van der Waals surface area contributed by atoms with Gasteiger partial charge in [0.1, 0.15) is 5.75 Å². The van der Waals surface area contributed by atoms with Gasteiger partial charge in [-0.05, 0) is 35.7 Å². The fourth-order valence-electron chi connectivity index (χ4n) is 2.74. The molecule has 4 nitrogen and oxygen atoms in total. The third-order valence-electron chi connectivity index (χ3n) is 3.99. The van der Waals surface area contributed by atoms with Crippen molar-refractivity contribution in [1.29, 1.82) is 0 Å². The molecular weight excluding hydrogens is 300 g/mol. The summed E-state index contributed by atoms with van der Waals surface area (Å²) in [5, 5.41) is 2.26. The first-order valence-corrected chi connectivity index (χ1v) is 7.92. The van der Waals surface area contributed by atoms with Gasteiger partial charge >= 0.3 is 0 Å². The van der Waals surface area contributed by atoms with Crippen LogP contribution in [-0.2, 0) is 5.41 Å². The SMILES string of the molecule is COc1ccc2c(C(C)(C)C)nc(-c3ccc(OC)nc3)cc2c1. The predicted octanol–water partition coefficient (Wildman–Crippen LogP) is 4.61. The van der Waals surface area contributed by atoms with E-state index < -0.39 is 0 Å². The highest BCUT2D eigenvalue weighted by molar-refractivity contribution is 5.89. The molecule has 0 aliphatic heterocycles. The molecule has 3 aromatic rings. The Hall–Kier alpha value is -2.62. The van der Waals surface area contributed by atoms with Crippen molar-refractivity contribution in [2.24, 2.45) is 0 Å². The lowest BCUT2D eigenvalue weighted by Crippen LogP contribution is -2.14. The average Bonchev–Trinajstić information content (AvgIpc) is 2.59. The van der Waals surface area contributed by atoms with Crippen LogP contribution in [0.1, 0.15) is 26.5 Å². The van der Waals surface area contributed by atoms with Gasteiger partial charge in [-0.25, -0.2) is 4.98 Å². The number of fused-ring (bicyclic) bond motifs is 1. The van der Waals surface area contributed by atoms with Crippen molar-refractivity contribution in [3.63, 3.8) is 0 Å². The molecule has 0 spiro atoms. The van der Waals surface area contributed by atoms with E-state index in [1.54, 1.807) is 20.4 Å². The molecular formula is C20H22N2O2. The van der Waals surface area contributed by atoms with E-state index in [1.807, 2.05) is 24.3 Å². The molecule has 3 rings (SSSR count). The molecule has 2 aromatic heterocycles. The molecule has 0 aliphatic rings. The van der Waals surface area contributed by atoms with Gasteiger partial charge in [0, 0.05) is 28.6 Å². The molecule has 4 heteroatoms. The fourth-order valence-corrected chi connectivity index (χ4v) is 2.74. The van der Waals surface area contributed by atoms with Crippen molar-refractivity contribution in [3.8, 4) is 22.9 Å². The third kappa shape index (κ3) is 3.04. The molecule has 0 saturated heterocycles. The maximum absolute atomic E-state index is 5.37. The maximum atomic E-state index is 5.37. The van der Waals surface area contributed by atoms with Gasteiger partial charge in [0.25, 0.3) is 0 Å². The van der Waals surface area contributed by atoms with Gasteiger partial charge in [0.05, 0.1) is 25.6 Å². The van der Waals surface area contributed by atoms with E-state index in [-0.39, 0.29) is 5.41 Å². The minimum Gasteiger partial charge on any atom is -0.497 e. The number of hydrogen-bond donors (Lipinski definition) is 0. The Bertz CT molecular complexity index is 865. The standard InChI is InChI=1S/C20H22N2O2/c1-20(2,3)19-16-8-7-15(23-4)10-14(16)11-17(22-19)13-6-9-18(24-5)21-12-13/h6-12H,1-5H3. The van der Waals surface area contributed by atoms with E-state index in [4.69, 9.17) is 14.5 Å². The number of hydrogen-bond acceptors (Lipinski definition) is 4. The fraction of sp³-hybridized carbons (Fsp3) is 0.300. The lowest BCUT2D eigenvalue weighted by Gasteiger charge is -2.21. The normalized spacial score (nSPS) is 11.5. The second-order valence-corrected chi connectivity index (χ2v) is 6.78. The van der Waals surface area contributed by atoms with Gasteiger partial charge in [0.2, 0.25) is 5.88 Å². The average molecular weight is 322 g/mol. The monoisotopic (exact) mass is 322 g/mol. The van der Waals surface area contributed by atoms with Crippen LogP contribution in [0, 0.1) is 0 Å². The second kappa shape index (κ2) is 6.11. The molecule has 2 heterocycles. The number of pyridine rings is 2. The minimum absolute atomic E-state index is 0.0667. The summed E-state index contributed by atoms with van der Waals surface area (Å²) < 4.78 is 10.5. The first-order chi connectivity index (χ1) is 11.4. The number of benzene rings is 1. The van der Waals surface area contributed by atoms with Crippen molar-refractivity contribution in [2.75, 3.05) is 14.2 Å². The number of rotatable bonds is 3. The number of ether oxygens (including phenoxy) is 2. The van der Waals surface area contributed by atoms with Gasteiger partial charge in [-0.1, -0.05) is 20.8 Å². The summed E-state index contributed by atoms with van der Waals surface area (Å²) in [5.41, 5.74) is 2.86. The van der Waals surface area contributed by atoms with Crippen LogP contribution in [0.15, 0.2) is 42.6 Å². The Kier molecular flexibility index (Phi) is 4.14. The number of aromatic nitrogens is 2. The van der Waals surface area contributed by atoms with Gasteiger partial charge in [-0.15, -0.1) is 0 Å². The summed E-state index contributed by atoms with van der Waals surface area (Å²) in [6, 6.07) is 12.0. The lowest BCUT2D eigenvalue weighted by molar-refractivity contribution is 0.398. The van der Waals surface area contributed by atoms with Crippen molar-refractivity contribution >= 4 is 10.8 Å². The molecule has 0 bridgehead atoms. The molecule has 0 amide bonds. The summed E-state index contributed by atoms with van der Waals surface area (Å²) in [6.07, 6.45) is 1.79. The zero-order valence-electron chi connectivity index (χ0n) is 14.8. The Morgan fingerprint density at radius 2 is 1.71 bits per heavy atom. The van der Waals surface area contributed by atoms with Crippen LogP contribution in [0.3, 0.4) is 0 Å². The maximum Gasteiger partial charge on any atom is 0.212 e. The Morgan fingerprint density at radius 1 is 0.917 bits per heavy atom. The topological polar surface area (TPSA) is 44.2 Å². The van der Waals surface area contributed by atoms with Crippen LogP contribution in [0.5, 0.6) is 11.6 Å². The zero-order chi connectivity index (χ0) is 17.3. The van der Waals surface area contributed by atoms with Crippen LogP contribution < -0.4 is 9.47 Å². The quantitative estimate of drug-likeness (QED) is 0.706. The van der Waals surface area contributed by atoms with E-state index in [0.29, 0.717) is 5.88 Å². The molecule has 24 heavy (non-hydrogen) atoms. The molecule has 0 N–H and O–H groups in total. The van der Waals surface area contributed by atoms with Gasteiger partial charge in [-0.2, -0.15) is 0 Å². The van der Waals surface area contributed by atoms with Crippen molar-refractivity contribution in [1.82, 2.24) is 9.97 Å². The molecule has 1 aromatic carbocycles. The van der Waals surface area contributed by atoms with Crippen LogP contribution in [0.25, 0.3) is 22.0 Å². The van der Waals surface area contributed by atoms with Crippen LogP contribution in [0.2, 0.25) is 0 Å². The smallest absolute Gasteiger partial charge is 0.212 e. The largest absolute Gasteiger partial charge is 0.497 e. The highest BCUT2D eigenvalue weighted by Crippen LogP contribution is 2.33. The van der Waals surface area contributed by atoms with Crippen LogP contribution in [0.4, 0.5) is 0 Å². The van der Waals surface area contributed by atoms with Gasteiger partial charge < -0.3 is 9.47 Å². The number of nitrogens with zero attached hydrogens (tertiary/aromatic N) is 2. The zero-order valence-corrected chi connectivity index (χ0v) is 14.8. The summed E-state index contributed by atoms with van der Waals surface area (Å²) in [5.74, 6) is 1.43. The van der Waals surface area contributed by atoms with E-state index in [1.165, 1.54) is 0 Å². The third-order valence-corrected chi connectivity index (χ3v) is 3.99. The summed E-state index contributed by atoms with van der Waals surface area (Å²) in [6.45, 7) is 6.53. The Morgan fingerprint density at radius 3 is 2.29 bits per heavy atom. The lowest BCUT2D eigenvalue weighted by atomic mass is 9.87. The van der Waals surface area contributed by atoms with E-state index >= 15 is 0 Å². The second-order valence-electron chi connectivity index (χ2n) is 6.78. The molecule has 0 aliphatic carbocycles. The van der Waals surface area contributed by atoms with Crippen LogP contribution >= 0.6 is 0 Å². The summed E-state index contributed by atoms with van der Waals surface area (Å²) in [4.78, 5) is 9.22. The first-order valence-electron chi connectivity index (χ1n) is 7.92. The molecule has 0 unspecified atom stereocenters. The van der Waals surface area contributed by atoms with Crippen molar-refractivity contribution < 1.29 is 9.47 Å². The van der Waals surface area contributed by atoms with E-state index in [2.05, 4.69) is 37.9 Å². The highest BCUT2D eigenvalue weighted by atomic mass is 16.5. The predicted molar refractivity (Wildman–Crippen MR) is 96.8 cm³/mol. The molecule has 0 radical (unpaired) electrons. The van der Waals surface area contributed by atoms with Crippen molar-refractivity contribution in [3.05, 3.63) is 48.3 Å². The first kappa shape index (κ1) is 16.2. The van der Waals surface area contributed by atoms with Crippen LogP contribution in [-0.4, -0.2) is 24.2 Å². The molecule has 124 valence electrons. The van der Waals surface area contributed by atoms with Gasteiger partial charge in [0.15, 0.2) is 0 Å². The molecule has 0 atom stereocenters. The molecule has 0 saturated carbocycles. The highest BCUT2D eigenvalue weighted by Gasteiger charge is 2.20. The Balaban J connectivity index is 2.23. The summed E-state index contributed by atoms with van der Waals surface area (Å²) in [7, 11) is 3.29. The Labute approximate surface area is 142 Å².